The van der Waals surface area contributed by atoms with Gasteiger partial charge in [0, 0.05) is 29.2 Å². The summed E-state index contributed by atoms with van der Waals surface area (Å²) in [6, 6.07) is 13.9. The quantitative estimate of drug-likeness (QED) is 0.912. The van der Waals surface area contributed by atoms with Crippen molar-refractivity contribution in [3.8, 4) is 5.88 Å². The molecule has 1 aliphatic heterocycles. The van der Waals surface area contributed by atoms with Crippen LogP contribution in [0.2, 0.25) is 5.02 Å². The Morgan fingerprint density at radius 1 is 1.23 bits per heavy atom. The smallest absolute Gasteiger partial charge is 0.213 e. The van der Waals surface area contributed by atoms with Gasteiger partial charge in [-0.25, -0.2) is 4.98 Å². The molecule has 4 heteroatoms. The normalized spacial score (nSPS) is 21.5. The maximum absolute atomic E-state index is 6.12. The van der Waals surface area contributed by atoms with Gasteiger partial charge in [-0.05, 0) is 49.6 Å². The van der Waals surface area contributed by atoms with Gasteiger partial charge in [0.2, 0.25) is 5.88 Å². The summed E-state index contributed by atoms with van der Waals surface area (Å²) >= 11 is 6.12. The number of piperidine rings is 1. The first kappa shape index (κ1) is 15.3. The van der Waals surface area contributed by atoms with E-state index in [1.807, 2.05) is 30.3 Å². The Balaban J connectivity index is 1.73. The van der Waals surface area contributed by atoms with Crippen LogP contribution < -0.4 is 10.1 Å². The summed E-state index contributed by atoms with van der Waals surface area (Å²) in [5.74, 6) is 0.693. The molecule has 2 heterocycles. The number of rotatable bonds is 5. The Kier molecular flexibility index (Phi) is 4.96. The van der Waals surface area contributed by atoms with Crippen LogP contribution in [0.15, 0.2) is 48.7 Å². The minimum Gasteiger partial charge on any atom is -0.477 e. The van der Waals surface area contributed by atoms with Crippen LogP contribution in [0.1, 0.15) is 18.4 Å². The van der Waals surface area contributed by atoms with E-state index in [9.17, 15) is 0 Å². The molecule has 0 aliphatic carbocycles. The zero-order valence-electron chi connectivity index (χ0n) is 12.6. The van der Waals surface area contributed by atoms with E-state index in [2.05, 4.69) is 22.4 Å². The van der Waals surface area contributed by atoms with Crippen LogP contribution in [-0.4, -0.2) is 24.7 Å². The molecule has 1 aliphatic rings. The molecular weight excluding hydrogens is 296 g/mol. The lowest BCUT2D eigenvalue weighted by molar-refractivity contribution is 0.107. The van der Waals surface area contributed by atoms with E-state index in [4.69, 9.17) is 16.3 Å². The SMILES string of the molecule is Clc1cccc(CC2(COc3ccccn3)CCCNC2)c1. The molecule has 3 nitrogen and oxygen atoms in total. The molecule has 116 valence electrons. The van der Waals surface area contributed by atoms with E-state index in [0.717, 1.165) is 31.0 Å². The number of benzene rings is 1. The van der Waals surface area contributed by atoms with Crippen molar-refractivity contribution in [2.75, 3.05) is 19.7 Å². The fraction of sp³-hybridized carbons (Fsp3) is 0.389. The van der Waals surface area contributed by atoms with Crippen LogP contribution >= 0.6 is 11.6 Å². The predicted octanol–water partition coefficient (Wildman–Crippen LogP) is 3.73. The first-order chi connectivity index (χ1) is 10.8. The van der Waals surface area contributed by atoms with Crippen LogP contribution in [0.3, 0.4) is 0 Å². The van der Waals surface area contributed by atoms with Gasteiger partial charge in [0.25, 0.3) is 0 Å². The molecule has 0 amide bonds. The monoisotopic (exact) mass is 316 g/mol. The lowest BCUT2D eigenvalue weighted by atomic mass is 9.76. The molecule has 0 bridgehead atoms. The van der Waals surface area contributed by atoms with Crippen molar-refractivity contribution >= 4 is 11.6 Å². The van der Waals surface area contributed by atoms with Crippen molar-refractivity contribution in [3.63, 3.8) is 0 Å². The molecule has 1 aromatic carbocycles. The molecule has 22 heavy (non-hydrogen) atoms. The topological polar surface area (TPSA) is 34.1 Å². The number of hydrogen-bond acceptors (Lipinski definition) is 3. The molecule has 0 saturated carbocycles. The van der Waals surface area contributed by atoms with Crippen molar-refractivity contribution in [2.45, 2.75) is 19.3 Å². The van der Waals surface area contributed by atoms with Crippen molar-refractivity contribution in [3.05, 3.63) is 59.2 Å². The molecule has 1 saturated heterocycles. The van der Waals surface area contributed by atoms with Crippen LogP contribution in [0.25, 0.3) is 0 Å². The van der Waals surface area contributed by atoms with Gasteiger partial charge in [-0.2, -0.15) is 0 Å². The number of pyridine rings is 1. The Morgan fingerprint density at radius 2 is 2.18 bits per heavy atom. The summed E-state index contributed by atoms with van der Waals surface area (Å²) in [5, 5.41) is 4.31. The highest BCUT2D eigenvalue weighted by Crippen LogP contribution is 2.32. The van der Waals surface area contributed by atoms with E-state index in [0.29, 0.717) is 12.5 Å². The lowest BCUT2D eigenvalue weighted by Gasteiger charge is -2.37. The number of halogens is 1. The van der Waals surface area contributed by atoms with E-state index < -0.39 is 0 Å². The second kappa shape index (κ2) is 7.12. The van der Waals surface area contributed by atoms with Gasteiger partial charge in [0.05, 0.1) is 6.61 Å². The predicted molar refractivity (Wildman–Crippen MR) is 89.4 cm³/mol. The van der Waals surface area contributed by atoms with Crippen molar-refractivity contribution < 1.29 is 4.74 Å². The zero-order valence-corrected chi connectivity index (χ0v) is 13.4. The average molecular weight is 317 g/mol. The Hall–Kier alpha value is -1.58. The van der Waals surface area contributed by atoms with Gasteiger partial charge in [0.1, 0.15) is 0 Å². The fourth-order valence-corrected chi connectivity index (χ4v) is 3.31. The first-order valence-corrected chi connectivity index (χ1v) is 8.13. The number of nitrogens with zero attached hydrogens (tertiary/aromatic N) is 1. The standard InChI is InChI=1S/C18H21ClN2O/c19-16-6-3-5-15(11-16)12-18(8-4-9-20-13-18)14-22-17-7-1-2-10-21-17/h1-3,5-7,10-11,20H,4,8-9,12-14H2. The van der Waals surface area contributed by atoms with Crippen LogP contribution in [0.5, 0.6) is 5.88 Å². The Labute approximate surface area is 136 Å². The van der Waals surface area contributed by atoms with Gasteiger partial charge in [-0.15, -0.1) is 0 Å². The van der Waals surface area contributed by atoms with Crippen LogP contribution in [-0.2, 0) is 6.42 Å². The van der Waals surface area contributed by atoms with E-state index in [1.165, 1.54) is 12.0 Å². The van der Waals surface area contributed by atoms with Crippen molar-refractivity contribution in [1.29, 1.82) is 0 Å². The Bertz CT molecular complexity index is 597. The minimum atomic E-state index is 0.0977. The molecule has 3 rings (SSSR count). The second-order valence-corrected chi connectivity index (χ2v) is 6.48. The van der Waals surface area contributed by atoms with Crippen molar-refractivity contribution in [2.24, 2.45) is 5.41 Å². The first-order valence-electron chi connectivity index (χ1n) is 7.75. The molecule has 0 radical (unpaired) electrons. The summed E-state index contributed by atoms with van der Waals surface area (Å²) < 4.78 is 5.97. The van der Waals surface area contributed by atoms with Gasteiger partial charge >= 0.3 is 0 Å². The fourth-order valence-electron chi connectivity index (χ4n) is 3.09. The number of hydrogen-bond donors (Lipinski definition) is 1. The third kappa shape index (κ3) is 3.99. The summed E-state index contributed by atoms with van der Waals surface area (Å²) in [6.45, 7) is 2.72. The largest absolute Gasteiger partial charge is 0.477 e. The number of nitrogens with one attached hydrogen (secondary N) is 1. The molecular formula is C18H21ClN2O. The minimum absolute atomic E-state index is 0.0977. The Morgan fingerprint density at radius 3 is 2.91 bits per heavy atom. The summed E-state index contributed by atoms with van der Waals surface area (Å²) in [7, 11) is 0. The highest BCUT2D eigenvalue weighted by molar-refractivity contribution is 6.30. The summed E-state index contributed by atoms with van der Waals surface area (Å²) in [5.41, 5.74) is 1.36. The van der Waals surface area contributed by atoms with Crippen LogP contribution in [0, 0.1) is 5.41 Å². The van der Waals surface area contributed by atoms with Gasteiger partial charge in [-0.3, -0.25) is 0 Å². The second-order valence-electron chi connectivity index (χ2n) is 6.04. The maximum atomic E-state index is 6.12. The molecule has 2 aromatic rings. The van der Waals surface area contributed by atoms with Gasteiger partial charge in [-0.1, -0.05) is 29.8 Å². The summed E-state index contributed by atoms with van der Waals surface area (Å²) in [6.07, 6.45) is 5.05. The molecule has 1 aromatic heterocycles. The molecule has 1 atom stereocenters. The van der Waals surface area contributed by atoms with Crippen LogP contribution in [0.4, 0.5) is 0 Å². The summed E-state index contributed by atoms with van der Waals surface area (Å²) in [4.78, 5) is 4.25. The molecule has 0 spiro atoms. The molecule has 1 unspecified atom stereocenters. The third-order valence-electron chi connectivity index (χ3n) is 4.19. The van der Waals surface area contributed by atoms with Gasteiger partial charge < -0.3 is 10.1 Å². The average Bonchev–Trinajstić information content (AvgIpc) is 2.55. The zero-order chi connectivity index (χ0) is 15.3. The highest BCUT2D eigenvalue weighted by Gasteiger charge is 2.33. The lowest BCUT2D eigenvalue weighted by Crippen LogP contribution is -2.45. The van der Waals surface area contributed by atoms with Gasteiger partial charge in [0.15, 0.2) is 0 Å². The van der Waals surface area contributed by atoms with E-state index in [-0.39, 0.29) is 5.41 Å². The maximum Gasteiger partial charge on any atom is 0.213 e. The molecule has 1 N–H and O–H groups in total. The van der Waals surface area contributed by atoms with E-state index in [1.54, 1.807) is 6.20 Å². The number of ether oxygens (including phenoxy) is 1. The van der Waals surface area contributed by atoms with E-state index >= 15 is 0 Å². The third-order valence-corrected chi connectivity index (χ3v) is 4.43. The molecule has 1 fully saturated rings. The number of aromatic nitrogens is 1. The highest BCUT2D eigenvalue weighted by atomic mass is 35.5. The van der Waals surface area contributed by atoms with Crippen molar-refractivity contribution in [1.82, 2.24) is 10.3 Å².